The summed E-state index contributed by atoms with van der Waals surface area (Å²) in [6.07, 6.45) is 2.03. The van der Waals surface area contributed by atoms with Crippen LogP contribution in [0.5, 0.6) is 0 Å². The van der Waals surface area contributed by atoms with Gasteiger partial charge in [0.1, 0.15) is 11.1 Å². The number of rotatable bonds is 6. The summed E-state index contributed by atoms with van der Waals surface area (Å²) in [5.41, 5.74) is 1.03. The molecule has 2 rings (SSSR count). The molecule has 6 nitrogen and oxygen atoms in total. The van der Waals surface area contributed by atoms with E-state index in [1.807, 2.05) is 12.3 Å². The van der Waals surface area contributed by atoms with Gasteiger partial charge in [0, 0.05) is 30.7 Å². The molecule has 1 aromatic rings. The summed E-state index contributed by atoms with van der Waals surface area (Å²) in [7, 11) is -3.08. The molecule has 1 atom stereocenters. The Hall–Kier alpha value is -0.540. The second kappa shape index (κ2) is 6.95. The Labute approximate surface area is 124 Å². The zero-order valence-electron chi connectivity index (χ0n) is 11.8. The highest BCUT2D eigenvalue weighted by atomic mass is 32.2. The normalized spacial score (nSPS) is 21.2. The number of nitrogens with one attached hydrogen (secondary N) is 1. The molecule has 1 aliphatic rings. The van der Waals surface area contributed by atoms with Crippen molar-refractivity contribution in [2.24, 2.45) is 0 Å². The van der Waals surface area contributed by atoms with E-state index in [9.17, 15) is 8.42 Å². The Kier molecular flexibility index (Phi) is 5.50. The van der Waals surface area contributed by atoms with Crippen LogP contribution in [0.3, 0.4) is 0 Å². The van der Waals surface area contributed by atoms with Gasteiger partial charge in [-0.1, -0.05) is 0 Å². The highest BCUT2D eigenvalue weighted by molar-refractivity contribution is 7.88. The molecule has 0 amide bonds. The first-order chi connectivity index (χ1) is 9.44. The maximum atomic E-state index is 11.0. The third kappa shape index (κ3) is 5.10. The number of nitrogens with zero attached hydrogens (tertiary/aromatic N) is 2. The molecular weight excluding hydrogens is 298 g/mol. The SMILES string of the molecule is Cc1csc(C2CN(CCCNS(C)(=O)=O)CCO2)n1. The molecule has 0 aliphatic carbocycles. The number of morpholine rings is 1. The smallest absolute Gasteiger partial charge is 0.208 e. The van der Waals surface area contributed by atoms with E-state index >= 15 is 0 Å². The summed E-state index contributed by atoms with van der Waals surface area (Å²) in [4.78, 5) is 6.77. The van der Waals surface area contributed by atoms with E-state index in [-0.39, 0.29) is 6.10 Å². The van der Waals surface area contributed by atoms with Gasteiger partial charge in [0.2, 0.25) is 10.0 Å². The van der Waals surface area contributed by atoms with Crippen LogP contribution in [-0.4, -0.2) is 57.3 Å². The first kappa shape index (κ1) is 15.8. The van der Waals surface area contributed by atoms with Crippen molar-refractivity contribution in [2.75, 3.05) is 39.0 Å². The molecule has 1 saturated heterocycles. The maximum Gasteiger partial charge on any atom is 0.208 e. The molecule has 0 spiro atoms. The minimum absolute atomic E-state index is 0.0466. The fourth-order valence-electron chi connectivity index (χ4n) is 2.14. The van der Waals surface area contributed by atoms with E-state index in [4.69, 9.17) is 4.74 Å². The molecular formula is C12H21N3O3S2. The van der Waals surface area contributed by atoms with E-state index in [0.29, 0.717) is 13.2 Å². The van der Waals surface area contributed by atoms with Crippen molar-refractivity contribution in [1.29, 1.82) is 0 Å². The molecule has 0 aromatic carbocycles. The van der Waals surface area contributed by atoms with Crippen molar-refractivity contribution in [2.45, 2.75) is 19.4 Å². The van der Waals surface area contributed by atoms with Crippen molar-refractivity contribution in [3.8, 4) is 0 Å². The number of thiazole rings is 1. The standard InChI is InChI=1S/C12H21N3O3S2/c1-10-9-19-12(14-10)11-8-15(6-7-18-11)5-3-4-13-20(2,16)17/h9,11,13H,3-8H2,1-2H3. The summed E-state index contributed by atoms with van der Waals surface area (Å²) in [5, 5.41) is 3.06. The fraction of sp³-hybridized carbons (Fsp3) is 0.750. The maximum absolute atomic E-state index is 11.0. The van der Waals surface area contributed by atoms with Crippen molar-refractivity contribution < 1.29 is 13.2 Å². The van der Waals surface area contributed by atoms with Crippen LogP contribution < -0.4 is 4.72 Å². The number of hydrogen-bond donors (Lipinski definition) is 1. The van der Waals surface area contributed by atoms with Gasteiger partial charge in [0.25, 0.3) is 0 Å². The van der Waals surface area contributed by atoms with E-state index in [2.05, 4.69) is 14.6 Å². The first-order valence-corrected chi connectivity index (χ1v) is 9.42. The van der Waals surface area contributed by atoms with Gasteiger partial charge < -0.3 is 4.74 Å². The number of ether oxygens (including phenoxy) is 1. The van der Waals surface area contributed by atoms with E-state index in [0.717, 1.165) is 36.8 Å². The number of hydrogen-bond acceptors (Lipinski definition) is 6. The lowest BCUT2D eigenvalue weighted by atomic mass is 10.2. The van der Waals surface area contributed by atoms with Crippen LogP contribution in [0.1, 0.15) is 23.2 Å². The highest BCUT2D eigenvalue weighted by Gasteiger charge is 2.23. The highest BCUT2D eigenvalue weighted by Crippen LogP contribution is 2.25. The number of aryl methyl sites for hydroxylation is 1. The molecule has 20 heavy (non-hydrogen) atoms. The first-order valence-electron chi connectivity index (χ1n) is 6.64. The summed E-state index contributed by atoms with van der Waals surface area (Å²) < 4.78 is 30.2. The van der Waals surface area contributed by atoms with Gasteiger partial charge in [-0.25, -0.2) is 18.1 Å². The lowest BCUT2D eigenvalue weighted by Crippen LogP contribution is -2.39. The summed E-state index contributed by atoms with van der Waals surface area (Å²) in [6, 6.07) is 0. The molecule has 0 bridgehead atoms. The molecule has 2 heterocycles. The van der Waals surface area contributed by atoms with Gasteiger partial charge in [-0.2, -0.15) is 0 Å². The van der Waals surface area contributed by atoms with E-state index in [1.54, 1.807) is 11.3 Å². The Balaban J connectivity index is 1.76. The van der Waals surface area contributed by atoms with Gasteiger partial charge in [-0.15, -0.1) is 11.3 Å². The Morgan fingerprint density at radius 2 is 2.40 bits per heavy atom. The molecule has 0 radical (unpaired) electrons. The number of aromatic nitrogens is 1. The molecule has 114 valence electrons. The lowest BCUT2D eigenvalue weighted by molar-refractivity contribution is -0.0302. The summed E-state index contributed by atoms with van der Waals surface area (Å²) in [6.45, 7) is 5.75. The van der Waals surface area contributed by atoms with Crippen LogP contribution in [0.25, 0.3) is 0 Å². The fourth-order valence-corrected chi connectivity index (χ4v) is 3.49. The lowest BCUT2D eigenvalue weighted by Gasteiger charge is -2.31. The molecule has 1 aliphatic heterocycles. The van der Waals surface area contributed by atoms with Crippen LogP contribution >= 0.6 is 11.3 Å². The van der Waals surface area contributed by atoms with Crippen molar-refractivity contribution in [3.05, 3.63) is 16.1 Å². The molecule has 1 fully saturated rings. The van der Waals surface area contributed by atoms with Crippen molar-refractivity contribution in [3.63, 3.8) is 0 Å². The summed E-state index contributed by atoms with van der Waals surface area (Å²) in [5.74, 6) is 0. The molecule has 8 heteroatoms. The van der Waals surface area contributed by atoms with Gasteiger partial charge >= 0.3 is 0 Å². The second-order valence-corrected chi connectivity index (χ2v) is 7.73. The van der Waals surface area contributed by atoms with Crippen LogP contribution in [0.4, 0.5) is 0 Å². The predicted molar refractivity (Wildman–Crippen MR) is 79.4 cm³/mol. The van der Waals surface area contributed by atoms with Crippen molar-refractivity contribution in [1.82, 2.24) is 14.6 Å². The minimum Gasteiger partial charge on any atom is -0.368 e. The second-order valence-electron chi connectivity index (χ2n) is 5.01. The van der Waals surface area contributed by atoms with Crippen LogP contribution in [0, 0.1) is 6.92 Å². The van der Waals surface area contributed by atoms with Crippen LogP contribution in [-0.2, 0) is 14.8 Å². The van der Waals surface area contributed by atoms with E-state index in [1.165, 1.54) is 6.26 Å². The molecule has 0 saturated carbocycles. The monoisotopic (exact) mass is 319 g/mol. The number of sulfonamides is 1. The van der Waals surface area contributed by atoms with Gasteiger partial charge in [0.15, 0.2) is 0 Å². The minimum atomic E-state index is -3.08. The zero-order valence-corrected chi connectivity index (χ0v) is 13.5. The van der Waals surface area contributed by atoms with Crippen LogP contribution in [0.2, 0.25) is 0 Å². The topological polar surface area (TPSA) is 71.5 Å². The van der Waals surface area contributed by atoms with Gasteiger partial charge in [-0.05, 0) is 19.9 Å². The average Bonchev–Trinajstić information content (AvgIpc) is 2.81. The molecule has 1 N–H and O–H groups in total. The Morgan fingerprint density at radius 1 is 1.60 bits per heavy atom. The van der Waals surface area contributed by atoms with Crippen LogP contribution in [0.15, 0.2) is 5.38 Å². The summed E-state index contributed by atoms with van der Waals surface area (Å²) >= 11 is 1.64. The quantitative estimate of drug-likeness (QED) is 0.784. The Bertz CT molecular complexity index is 530. The third-order valence-electron chi connectivity index (χ3n) is 3.08. The molecule has 1 aromatic heterocycles. The largest absolute Gasteiger partial charge is 0.368 e. The van der Waals surface area contributed by atoms with Crippen molar-refractivity contribution >= 4 is 21.4 Å². The average molecular weight is 319 g/mol. The zero-order chi connectivity index (χ0) is 14.6. The van der Waals surface area contributed by atoms with Gasteiger partial charge in [0.05, 0.1) is 12.9 Å². The Morgan fingerprint density at radius 3 is 3.05 bits per heavy atom. The third-order valence-corrected chi connectivity index (χ3v) is 4.86. The van der Waals surface area contributed by atoms with Gasteiger partial charge in [-0.3, -0.25) is 4.90 Å². The predicted octanol–water partition coefficient (Wildman–Crippen LogP) is 0.764. The van der Waals surface area contributed by atoms with E-state index < -0.39 is 10.0 Å². The molecule has 1 unspecified atom stereocenters.